The van der Waals surface area contributed by atoms with E-state index in [1.807, 2.05) is 4.90 Å². The maximum atomic E-state index is 12.7. The third-order valence-corrected chi connectivity index (χ3v) is 4.88. The van der Waals surface area contributed by atoms with Gasteiger partial charge in [0, 0.05) is 45.0 Å². The molecular weight excluding hydrogens is 272 g/mol. The fourth-order valence-corrected chi connectivity index (χ4v) is 3.66. The summed E-state index contributed by atoms with van der Waals surface area (Å²) in [5.74, 6) is 0.191. The van der Waals surface area contributed by atoms with Gasteiger partial charge in [-0.3, -0.25) is 14.4 Å². The van der Waals surface area contributed by atoms with Crippen LogP contribution in [-0.4, -0.2) is 60.7 Å². The molecule has 3 aliphatic heterocycles. The molecule has 0 bridgehead atoms. The minimum Gasteiger partial charge on any atom is -0.378 e. The molecule has 0 unspecified atom stereocenters. The van der Waals surface area contributed by atoms with E-state index in [-0.39, 0.29) is 29.8 Å². The largest absolute Gasteiger partial charge is 0.378 e. The lowest BCUT2D eigenvalue weighted by Gasteiger charge is -2.45. The highest BCUT2D eigenvalue weighted by atomic mass is 16.7. The molecule has 3 rings (SSSR count). The van der Waals surface area contributed by atoms with Crippen molar-refractivity contribution in [1.29, 1.82) is 0 Å². The van der Waals surface area contributed by atoms with E-state index in [4.69, 9.17) is 9.57 Å². The number of amides is 2. The Labute approximate surface area is 125 Å². The van der Waals surface area contributed by atoms with Crippen molar-refractivity contribution in [2.45, 2.75) is 38.7 Å². The van der Waals surface area contributed by atoms with Crippen molar-refractivity contribution in [2.24, 2.45) is 11.8 Å². The van der Waals surface area contributed by atoms with Crippen LogP contribution in [0, 0.1) is 11.8 Å². The number of likely N-dealkylation sites (tertiary alicyclic amines) is 1. The first-order valence-electron chi connectivity index (χ1n) is 7.98. The highest BCUT2D eigenvalue weighted by molar-refractivity contribution is 5.79. The van der Waals surface area contributed by atoms with Gasteiger partial charge in [-0.25, -0.2) is 5.06 Å². The number of hydrogen-bond acceptors (Lipinski definition) is 4. The zero-order valence-electron chi connectivity index (χ0n) is 12.6. The lowest BCUT2D eigenvalue weighted by molar-refractivity contribution is -0.210. The number of rotatable bonds is 1. The fraction of sp³-hybridized carbons (Fsp3) is 0.867. The SMILES string of the molecule is CC(=O)N1CC[C@H]2OCC[C@@H](C(=O)N3CCCCO3)[C@@H]2C1. The summed E-state index contributed by atoms with van der Waals surface area (Å²) in [6, 6.07) is 0. The van der Waals surface area contributed by atoms with Crippen LogP contribution in [0.3, 0.4) is 0 Å². The molecule has 6 heteroatoms. The number of piperidine rings is 1. The Bertz CT molecular complexity index is 408. The number of carbonyl (C=O) groups is 2. The van der Waals surface area contributed by atoms with Crippen LogP contribution in [-0.2, 0) is 19.2 Å². The summed E-state index contributed by atoms with van der Waals surface area (Å²) in [5, 5.41) is 1.54. The van der Waals surface area contributed by atoms with Gasteiger partial charge in [-0.05, 0) is 25.7 Å². The minimum atomic E-state index is -0.0796. The van der Waals surface area contributed by atoms with Crippen LogP contribution in [0.4, 0.5) is 0 Å². The zero-order chi connectivity index (χ0) is 14.8. The Hall–Kier alpha value is -1.14. The molecule has 0 aromatic carbocycles. The predicted octanol–water partition coefficient (Wildman–Crippen LogP) is 0.814. The Balaban J connectivity index is 1.70. The van der Waals surface area contributed by atoms with E-state index in [1.165, 1.54) is 0 Å². The van der Waals surface area contributed by atoms with Crippen LogP contribution in [0.5, 0.6) is 0 Å². The second-order valence-corrected chi connectivity index (χ2v) is 6.20. The van der Waals surface area contributed by atoms with Crippen LogP contribution in [0.1, 0.15) is 32.6 Å². The van der Waals surface area contributed by atoms with Gasteiger partial charge in [-0.1, -0.05) is 0 Å². The number of hydrogen-bond donors (Lipinski definition) is 0. The topological polar surface area (TPSA) is 59.1 Å². The second kappa shape index (κ2) is 6.32. The molecule has 0 spiro atoms. The van der Waals surface area contributed by atoms with E-state index < -0.39 is 0 Å². The van der Waals surface area contributed by atoms with Crippen LogP contribution >= 0.6 is 0 Å². The van der Waals surface area contributed by atoms with Crippen molar-refractivity contribution < 1.29 is 19.2 Å². The van der Waals surface area contributed by atoms with Crippen molar-refractivity contribution in [3.05, 3.63) is 0 Å². The number of nitrogens with zero attached hydrogens (tertiary/aromatic N) is 2. The number of carbonyl (C=O) groups excluding carboxylic acids is 2. The van der Waals surface area contributed by atoms with Crippen molar-refractivity contribution in [3.8, 4) is 0 Å². The molecule has 118 valence electrons. The van der Waals surface area contributed by atoms with E-state index in [0.717, 1.165) is 32.2 Å². The van der Waals surface area contributed by atoms with E-state index in [9.17, 15) is 9.59 Å². The maximum Gasteiger partial charge on any atom is 0.249 e. The second-order valence-electron chi connectivity index (χ2n) is 6.20. The van der Waals surface area contributed by atoms with Gasteiger partial charge in [0.2, 0.25) is 11.8 Å². The van der Waals surface area contributed by atoms with Crippen LogP contribution in [0.2, 0.25) is 0 Å². The maximum absolute atomic E-state index is 12.7. The Morgan fingerprint density at radius 1 is 1.10 bits per heavy atom. The van der Waals surface area contributed by atoms with Gasteiger partial charge in [0.15, 0.2) is 0 Å². The number of ether oxygens (including phenoxy) is 1. The zero-order valence-corrected chi connectivity index (χ0v) is 12.6. The highest BCUT2D eigenvalue weighted by Crippen LogP contribution is 2.34. The average Bonchev–Trinajstić information content (AvgIpc) is 2.54. The first-order valence-corrected chi connectivity index (χ1v) is 7.98. The highest BCUT2D eigenvalue weighted by Gasteiger charge is 2.43. The first kappa shape index (κ1) is 14.8. The Morgan fingerprint density at radius 2 is 1.95 bits per heavy atom. The summed E-state index contributed by atoms with van der Waals surface area (Å²) in [7, 11) is 0. The Morgan fingerprint density at radius 3 is 2.67 bits per heavy atom. The van der Waals surface area contributed by atoms with Crippen molar-refractivity contribution in [2.75, 3.05) is 32.8 Å². The molecule has 0 saturated carbocycles. The molecule has 3 aliphatic rings. The van der Waals surface area contributed by atoms with E-state index in [1.54, 1.807) is 12.0 Å². The quantitative estimate of drug-likeness (QED) is 0.718. The smallest absolute Gasteiger partial charge is 0.249 e. The van der Waals surface area contributed by atoms with Crippen molar-refractivity contribution in [3.63, 3.8) is 0 Å². The summed E-state index contributed by atoms with van der Waals surface area (Å²) in [6.45, 7) is 4.90. The molecule has 0 aromatic heterocycles. The first-order chi connectivity index (χ1) is 10.2. The summed E-state index contributed by atoms with van der Waals surface area (Å²) in [6.07, 6.45) is 3.68. The molecule has 2 amide bonds. The number of hydroxylamine groups is 2. The van der Waals surface area contributed by atoms with Crippen molar-refractivity contribution >= 4 is 11.8 Å². The van der Waals surface area contributed by atoms with E-state index in [0.29, 0.717) is 26.3 Å². The lowest BCUT2D eigenvalue weighted by Crippen LogP contribution is -2.55. The molecule has 0 aliphatic carbocycles. The van der Waals surface area contributed by atoms with Gasteiger partial charge in [-0.2, -0.15) is 0 Å². The van der Waals surface area contributed by atoms with Crippen LogP contribution in [0.25, 0.3) is 0 Å². The third kappa shape index (κ3) is 3.06. The fourth-order valence-electron chi connectivity index (χ4n) is 3.66. The molecule has 6 nitrogen and oxygen atoms in total. The molecule has 0 N–H and O–H groups in total. The number of fused-ring (bicyclic) bond motifs is 1. The van der Waals surface area contributed by atoms with Gasteiger partial charge in [-0.15, -0.1) is 0 Å². The molecule has 3 fully saturated rings. The molecule has 0 radical (unpaired) electrons. The molecular formula is C15H24N2O4. The summed E-state index contributed by atoms with van der Waals surface area (Å²) in [5.41, 5.74) is 0. The van der Waals surface area contributed by atoms with Crippen molar-refractivity contribution in [1.82, 2.24) is 9.96 Å². The van der Waals surface area contributed by atoms with E-state index >= 15 is 0 Å². The van der Waals surface area contributed by atoms with Gasteiger partial charge >= 0.3 is 0 Å². The lowest BCUT2D eigenvalue weighted by atomic mass is 9.79. The summed E-state index contributed by atoms with van der Waals surface area (Å²) < 4.78 is 5.83. The standard InChI is InChI=1S/C15H24N2O4/c1-11(18)16-7-4-14-13(10-16)12(5-9-20-14)15(19)17-6-2-3-8-21-17/h12-14H,2-10H2,1H3/t12-,13+,14-/m1/s1. The van der Waals surface area contributed by atoms with E-state index in [2.05, 4.69) is 0 Å². The van der Waals surface area contributed by atoms with Gasteiger partial charge in [0.05, 0.1) is 12.7 Å². The molecule has 3 saturated heterocycles. The monoisotopic (exact) mass is 296 g/mol. The van der Waals surface area contributed by atoms with Gasteiger partial charge < -0.3 is 9.64 Å². The van der Waals surface area contributed by atoms with Gasteiger partial charge in [0.1, 0.15) is 0 Å². The molecule has 0 aromatic rings. The predicted molar refractivity (Wildman–Crippen MR) is 75.1 cm³/mol. The average molecular weight is 296 g/mol. The van der Waals surface area contributed by atoms with Crippen LogP contribution in [0.15, 0.2) is 0 Å². The van der Waals surface area contributed by atoms with Crippen LogP contribution < -0.4 is 0 Å². The summed E-state index contributed by atoms with van der Waals surface area (Å²) >= 11 is 0. The molecule has 21 heavy (non-hydrogen) atoms. The summed E-state index contributed by atoms with van der Waals surface area (Å²) in [4.78, 5) is 31.7. The minimum absolute atomic E-state index is 0.0796. The molecule has 3 heterocycles. The Kier molecular flexibility index (Phi) is 4.45. The molecule has 3 atom stereocenters. The third-order valence-electron chi connectivity index (χ3n) is 4.88. The van der Waals surface area contributed by atoms with Gasteiger partial charge in [0.25, 0.3) is 0 Å². The normalized spacial score (nSPS) is 33.5.